The molecule has 2 atom stereocenters. The van der Waals surface area contributed by atoms with Gasteiger partial charge in [0.2, 0.25) is 0 Å². The highest BCUT2D eigenvalue weighted by molar-refractivity contribution is 4.96. The Balaban J connectivity index is 2.51. The topological polar surface area (TPSA) is 38.0 Å². The van der Waals surface area contributed by atoms with Gasteiger partial charge in [0.15, 0.2) is 0 Å². The van der Waals surface area contributed by atoms with Crippen molar-refractivity contribution in [3.63, 3.8) is 0 Å². The molecular formula is C9H20N2. The third-order valence-electron chi connectivity index (χ3n) is 2.73. The fourth-order valence-electron chi connectivity index (χ4n) is 2.32. The van der Waals surface area contributed by atoms with Gasteiger partial charge in [0.25, 0.3) is 0 Å². The molecule has 0 aromatic rings. The fraction of sp³-hybridized carbons (Fsp3) is 1.00. The van der Waals surface area contributed by atoms with Crippen molar-refractivity contribution in [2.24, 2.45) is 11.1 Å². The van der Waals surface area contributed by atoms with Gasteiger partial charge in [0.05, 0.1) is 0 Å². The second-order valence-electron chi connectivity index (χ2n) is 4.67. The molecule has 1 rings (SSSR count). The van der Waals surface area contributed by atoms with Gasteiger partial charge < -0.3 is 11.1 Å². The van der Waals surface area contributed by atoms with E-state index in [1.165, 1.54) is 12.8 Å². The summed E-state index contributed by atoms with van der Waals surface area (Å²) in [4.78, 5) is 0. The predicted octanol–water partition coefficient (Wildman–Crippen LogP) is 1.11. The minimum atomic E-state index is 0.0889. The lowest BCUT2D eigenvalue weighted by molar-refractivity contribution is 0.303. The van der Waals surface area contributed by atoms with Gasteiger partial charge in [0.1, 0.15) is 0 Å². The predicted molar refractivity (Wildman–Crippen MR) is 48.5 cm³/mol. The van der Waals surface area contributed by atoms with Crippen LogP contribution in [0.25, 0.3) is 0 Å². The molecule has 0 radical (unpaired) electrons. The summed E-state index contributed by atoms with van der Waals surface area (Å²) in [6.45, 7) is 5.58. The number of nitrogens with one attached hydrogen (secondary N) is 1. The largest absolute Gasteiger partial charge is 0.325 e. The number of hydrogen-bond acceptors (Lipinski definition) is 2. The van der Waals surface area contributed by atoms with Crippen molar-refractivity contribution in [3.8, 4) is 0 Å². The Morgan fingerprint density at radius 3 is 2.36 bits per heavy atom. The van der Waals surface area contributed by atoms with E-state index in [1.54, 1.807) is 0 Å². The van der Waals surface area contributed by atoms with E-state index >= 15 is 0 Å². The van der Waals surface area contributed by atoms with E-state index in [1.807, 2.05) is 7.05 Å². The van der Waals surface area contributed by atoms with Crippen LogP contribution in [-0.2, 0) is 0 Å². The van der Waals surface area contributed by atoms with E-state index < -0.39 is 0 Å². The lowest BCUT2D eigenvalue weighted by Gasteiger charge is -2.25. The monoisotopic (exact) mass is 156 g/mol. The van der Waals surface area contributed by atoms with Crippen LogP contribution in [0.1, 0.15) is 33.1 Å². The SMILES string of the molecule is CNCC1(C)CCC(C)(N)C1. The second kappa shape index (κ2) is 2.76. The Hall–Kier alpha value is -0.0800. The zero-order chi connectivity index (χ0) is 8.54. The van der Waals surface area contributed by atoms with E-state index in [9.17, 15) is 0 Å². The summed E-state index contributed by atoms with van der Waals surface area (Å²) in [5.74, 6) is 0. The van der Waals surface area contributed by atoms with Crippen LogP contribution >= 0.6 is 0 Å². The van der Waals surface area contributed by atoms with Crippen molar-refractivity contribution in [1.82, 2.24) is 5.32 Å². The first-order valence-corrected chi connectivity index (χ1v) is 4.41. The maximum atomic E-state index is 6.06. The van der Waals surface area contributed by atoms with Gasteiger partial charge in [-0.2, -0.15) is 0 Å². The molecule has 0 amide bonds. The molecule has 1 saturated carbocycles. The maximum Gasteiger partial charge on any atom is 0.0131 e. The maximum absolute atomic E-state index is 6.06. The van der Waals surface area contributed by atoms with E-state index in [2.05, 4.69) is 19.2 Å². The number of rotatable bonds is 2. The van der Waals surface area contributed by atoms with E-state index in [0.29, 0.717) is 5.41 Å². The lowest BCUT2D eigenvalue weighted by atomic mass is 9.86. The molecule has 0 aromatic carbocycles. The van der Waals surface area contributed by atoms with Crippen molar-refractivity contribution in [2.45, 2.75) is 38.6 Å². The van der Waals surface area contributed by atoms with Gasteiger partial charge in [0, 0.05) is 12.1 Å². The molecule has 0 heterocycles. The second-order valence-corrected chi connectivity index (χ2v) is 4.67. The molecule has 0 aliphatic heterocycles. The Labute approximate surface area is 69.5 Å². The van der Waals surface area contributed by atoms with Gasteiger partial charge >= 0.3 is 0 Å². The molecule has 0 bridgehead atoms. The smallest absolute Gasteiger partial charge is 0.0131 e. The van der Waals surface area contributed by atoms with Gasteiger partial charge in [-0.25, -0.2) is 0 Å². The van der Waals surface area contributed by atoms with Crippen LogP contribution in [0.4, 0.5) is 0 Å². The Bertz CT molecular complexity index is 142. The zero-order valence-corrected chi connectivity index (χ0v) is 7.91. The molecular weight excluding hydrogens is 136 g/mol. The van der Waals surface area contributed by atoms with E-state index in [4.69, 9.17) is 5.73 Å². The van der Waals surface area contributed by atoms with E-state index in [-0.39, 0.29) is 5.54 Å². The molecule has 0 spiro atoms. The Morgan fingerprint density at radius 2 is 2.00 bits per heavy atom. The molecule has 2 heteroatoms. The van der Waals surface area contributed by atoms with Crippen LogP contribution in [0.2, 0.25) is 0 Å². The summed E-state index contributed by atoms with van der Waals surface area (Å²) in [6.07, 6.45) is 3.59. The van der Waals surface area contributed by atoms with Crippen LogP contribution in [0.3, 0.4) is 0 Å². The summed E-state index contributed by atoms with van der Waals surface area (Å²) in [5, 5.41) is 3.23. The molecule has 1 aliphatic carbocycles. The van der Waals surface area contributed by atoms with Gasteiger partial charge in [-0.3, -0.25) is 0 Å². The molecule has 11 heavy (non-hydrogen) atoms. The lowest BCUT2D eigenvalue weighted by Crippen LogP contribution is -2.36. The Morgan fingerprint density at radius 1 is 1.36 bits per heavy atom. The zero-order valence-electron chi connectivity index (χ0n) is 7.91. The van der Waals surface area contributed by atoms with Crippen LogP contribution < -0.4 is 11.1 Å². The van der Waals surface area contributed by atoms with Crippen molar-refractivity contribution >= 4 is 0 Å². The normalized spacial score (nSPS) is 44.7. The molecule has 66 valence electrons. The average molecular weight is 156 g/mol. The van der Waals surface area contributed by atoms with Crippen LogP contribution in [0, 0.1) is 5.41 Å². The minimum absolute atomic E-state index is 0.0889. The van der Waals surface area contributed by atoms with Gasteiger partial charge in [-0.1, -0.05) is 6.92 Å². The van der Waals surface area contributed by atoms with Crippen molar-refractivity contribution in [2.75, 3.05) is 13.6 Å². The van der Waals surface area contributed by atoms with Crippen LogP contribution in [0.15, 0.2) is 0 Å². The van der Waals surface area contributed by atoms with Crippen LogP contribution in [0.5, 0.6) is 0 Å². The number of hydrogen-bond donors (Lipinski definition) is 2. The first-order chi connectivity index (χ1) is 4.97. The van der Waals surface area contributed by atoms with Crippen molar-refractivity contribution in [3.05, 3.63) is 0 Å². The molecule has 1 aliphatic rings. The third-order valence-corrected chi connectivity index (χ3v) is 2.73. The van der Waals surface area contributed by atoms with Crippen molar-refractivity contribution < 1.29 is 0 Å². The highest BCUT2D eigenvalue weighted by Crippen LogP contribution is 2.41. The van der Waals surface area contributed by atoms with Gasteiger partial charge in [-0.05, 0) is 38.6 Å². The fourth-order valence-corrected chi connectivity index (χ4v) is 2.32. The van der Waals surface area contributed by atoms with Crippen molar-refractivity contribution in [1.29, 1.82) is 0 Å². The molecule has 0 saturated heterocycles. The highest BCUT2D eigenvalue weighted by Gasteiger charge is 2.39. The number of nitrogens with two attached hydrogens (primary N) is 1. The molecule has 1 fully saturated rings. The minimum Gasteiger partial charge on any atom is -0.325 e. The summed E-state index contributed by atoms with van der Waals surface area (Å²) in [6, 6.07) is 0. The van der Waals surface area contributed by atoms with Gasteiger partial charge in [-0.15, -0.1) is 0 Å². The molecule has 2 nitrogen and oxygen atoms in total. The van der Waals surface area contributed by atoms with E-state index in [0.717, 1.165) is 13.0 Å². The molecule has 3 N–H and O–H groups in total. The highest BCUT2D eigenvalue weighted by atomic mass is 14.9. The first kappa shape index (κ1) is 9.01. The molecule has 0 aromatic heterocycles. The van der Waals surface area contributed by atoms with Crippen LogP contribution in [-0.4, -0.2) is 19.1 Å². The molecule has 2 unspecified atom stereocenters. The average Bonchev–Trinajstić information content (AvgIpc) is 2.07. The standard InChI is InChI=1S/C9H20N2/c1-8(7-11-3)4-5-9(2,10)6-8/h11H,4-7,10H2,1-3H3. The summed E-state index contributed by atoms with van der Waals surface area (Å²) >= 11 is 0. The summed E-state index contributed by atoms with van der Waals surface area (Å²) < 4.78 is 0. The Kier molecular flexibility index (Phi) is 2.26. The third kappa shape index (κ3) is 2.17. The summed E-state index contributed by atoms with van der Waals surface area (Å²) in [5.41, 5.74) is 6.59. The first-order valence-electron chi connectivity index (χ1n) is 4.41. The summed E-state index contributed by atoms with van der Waals surface area (Å²) in [7, 11) is 2.01. The quantitative estimate of drug-likeness (QED) is 0.628.